The normalized spacial score (nSPS) is 11.4. The molecule has 0 amide bonds. The molecule has 1 aromatic heterocycles. The highest BCUT2D eigenvalue weighted by Crippen LogP contribution is 2.21. The molecule has 0 saturated heterocycles. The molecule has 2 aromatic rings. The summed E-state index contributed by atoms with van der Waals surface area (Å²) in [6.07, 6.45) is 5.83. The third-order valence-corrected chi connectivity index (χ3v) is 3.06. The van der Waals surface area contributed by atoms with Crippen molar-refractivity contribution in [2.75, 3.05) is 0 Å². The fourth-order valence-corrected chi connectivity index (χ4v) is 1.99. The number of nitrogens with one attached hydrogen (secondary N) is 1. The minimum atomic E-state index is 0.441. The summed E-state index contributed by atoms with van der Waals surface area (Å²) in [5.74, 6) is 1.71. The van der Waals surface area contributed by atoms with E-state index in [0.29, 0.717) is 12.6 Å². The average molecular weight is 285 g/mol. The van der Waals surface area contributed by atoms with Gasteiger partial charge in [0.25, 0.3) is 0 Å². The molecule has 0 aliphatic rings. The molecule has 1 heterocycles. The molecule has 3 heteroatoms. The van der Waals surface area contributed by atoms with E-state index in [4.69, 9.17) is 9.15 Å². The molecule has 0 spiro atoms. The van der Waals surface area contributed by atoms with Crippen LogP contribution >= 0.6 is 0 Å². The first kappa shape index (κ1) is 15.4. The Morgan fingerprint density at radius 2 is 2.10 bits per heavy atom. The standard InChI is InChI=1S/C18H23NO2/c1-4-7-16-8-5-6-9-18(16)21-13-17-10-15(12-20-17)11-19-14(2)3/h4-10,12,14,19H,11,13H2,1-3H3. The predicted molar refractivity (Wildman–Crippen MR) is 86.2 cm³/mol. The van der Waals surface area contributed by atoms with Gasteiger partial charge in [-0.1, -0.05) is 44.2 Å². The van der Waals surface area contributed by atoms with E-state index < -0.39 is 0 Å². The van der Waals surface area contributed by atoms with Crippen molar-refractivity contribution < 1.29 is 9.15 Å². The number of para-hydroxylation sites is 1. The van der Waals surface area contributed by atoms with Gasteiger partial charge in [0.15, 0.2) is 0 Å². The summed E-state index contributed by atoms with van der Waals surface area (Å²) in [6.45, 7) is 7.51. The van der Waals surface area contributed by atoms with Crippen LogP contribution in [0, 0.1) is 0 Å². The molecule has 0 radical (unpaired) electrons. The largest absolute Gasteiger partial charge is 0.485 e. The molecular formula is C18H23NO2. The zero-order valence-corrected chi connectivity index (χ0v) is 12.9. The predicted octanol–water partition coefficient (Wildman–Crippen LogP) is 4.39. The second kappa shape index (κ2) is 7.70. The summed E-state index contributed by atoms with van der Waals surface area (Å²) in [5.41, 5.74) is 2.22. The van der Waals surface area contributed by atoms with Crippen molar-refractivity contribution >= 4 is 6.08 Å². The van der Waals surface area contributed by atoms with E-state index in [2.05, 4.69) is 19.2 Å². The zero-order chi connectivity index (χ0) is 15.1. The second-order valence-corrected chi connectivity index (χ2v) is 5.28. The third-order valence-electron chi connectivity index (χ3n) is 3.06. The van der Waals surface area contributed by atoms with Crippen molar-refractivity contribution in [1.82, 2.24) is 5.32 Å². The number of allylic oxidation sites excluding steroid dienone is 1. The first-order chi connectivity index (χ1) is 10.2. The highest BCUT2D eigenvalue weighted by atomic mass is 16.5. The van der Waals surface area contributed by atoms with Crippen molar-refractivity contribution in [2.45, 2.75) is 40.0 Å². The van der Waals surface area contributed by atoms with Crippen LogP contribution in [0.4, 0.5) is 0 Å². The molecule has 0 fully saturated rings. The van der Waals surface area contributed by atoms with Crippen LogP contribution in [0.15, 0.2) is 47.1 Å². The van der Waals surface area contributed by atoms with Crippen LogP contribution < -0.4 is 10.1 Å². The van der Waals surface area contributed by atoms with E-state index in [9.17, 15) is 0 Å². The Hall–Kier alpha value is -2.00. The van der Waals surface area contributed by atoms with Crippen molar-refractivity contribution in [2.24, 2.45) is 0 Å². The van der Waals surface area contributed by atoms with Gasteiger partial charge in [0, 0.05) is 23.7 Å². The molecule has 1 aromatic carbocycles. The van der Waals surface area contributed by atoms with Crippen LogP contribution in [0.3, 0.4) is 0 Å². The zero-order valence-electron chi connectivity index (χ0n) is 12.9. The number of hydrogen-bond acceptors (Lipinski definition) is 3. The first-order valence-electron chi connectivity index (χ1n) is 7.33. The third kappa shape index (κ3) is 4.80. The van der Waals surface area contributed by atoms with E-state index in [0.717, 1.165) is 29.2 Å². The summed E-state index contributed by atoms with van der Waals surface area (Å²) in [4.78, 5) is 0. The fraction of sp³-hybridized carbons (Fsp3) is 0.333. The maximum Gasteiger partial charge on any atom is 0.146 e. The van der Waals surface area contributed by atoms with E-state index in [-0.39, 0.29) is 0 Å². The Bertz CT molecular complexity index is 584. The van der Waals surface area contributed by atoms with Crippen molar-refractivity contribution in [3.05, 3.63) is 59.6 Å². The van der Waals surface area contributed by atoms with Gasteiger partial charge >= 0.3 is 0 Å². The van der Waals surface area contributed by atoms with Crippen LogP contribution in [0.2, 0.25) is 0 Å². The number of furan rings is 1. The molecule has 21 heavy (non-hydrogen) atoms. The minimum Gasteiger partial charge on any atom is -0.485 e. The number of benzene rings is 1. The minimum absolute atomic E-state index is 0.441. The Morgan fingerprint density at radius 1 is 1.29 bits per heavy atom. The van der Waals surface area contributed by atoms with E-state index in [1.54, 1.807) is 6.26 Å². The Labute approximate surface area is 126 Å². The average Bonchev–Trinajstić information content (AvgIpc) is 2.92. The highest BCUT2D eigenvalue weighted by molar-refractivity contribution is 5.56. The molecule has 1 N–H and O–H groups in total. The Morgan fingerprint density at radius 3 is 2.86 bits per heavy atom. The maximum absolute atomic E-state index is 5.85. The Balaban J connectivity index is 1.94. The van der Waals surface area contributed by atoms with Gasteiger partial charge in [0.1, 0.15) is 18.1 Å². The lowest BCUT2D eigenvalue weighted by Crippen LogP contribution is -2.21. The topological polar surface area (TPSA) is 34.4 Å². The molecular weight excluding hydrogens is 262 g/mol. The van der Waals surface area contributed by atoms with E-state index >= 15 is 0 Å². The van der Waals surface area contributed by atoms with Crippen molar-refractivity contribution in [1.29, 1.82) is 0 Å². The lowest BCUT2D eigenvalue weighted by molar-refractivity contribution is 0.270. The quantitative estimate of drug-likeness (QED) is 0.819. The lowest BCUT2D eigenvalue weighted by Gasteiger charge is -2.07. The molecule has 112 valence electrons. The van der Waals surface area contributed by atoms with Gasteiger partial charge in [-0.15, -0.1) is 0 Å². The smallest absolute Gasteiger partial charge is 0.146 e. The molecule has 0 atom stereocenters. The van der Waals surface area contributed by atoms with E-state index in [1.807, 2.05) is 49.4 Å². The van der Waals surface area contributed by atoms with E-state index in [1.165, 1.54) is 0 Å². The van der Waals surface area contributed by atoms with Gasteiger partial charge in [0.2, 0.25) is 0 Å². The van der Waals surface area contributed by atoms with Crippen LogP contribution in [-0.4, -0.2) is 6.04 Å². The summed E-state index contributed by atoms with van der Waals surface area (Å²) >= 11 is 0. The number of rotatable bonds is 7. The maximum atomic E-state index is 5.85. The van der Waals surface area contributed by atoms with Gasteiger partial charge in [0.05, 0.1) is 6.26 Å². The molecule has 2 rings (SSSR count). The molecule has 0 bridgehead atoms. The highest BCUT2D eigenvalue weighted by Gasteiger charge is 2.05. The fourth-order valence-electron chi connectivity index (χ4n) is 1.99. The summed E-state index contributed by atoms with van der Waals surface area (Å²) < 4.78 is 11.4. The van der Waals surface area contributed by atoms with Crippen LogP contribution in [-0.2, 0) is 13.2 Å². The van der Waals surface area contributed by atoms with Gasteiger partial charge in [-0.3, -0.25) is 0 Å². The molecule has 3 nitrogen and oxygen atoms in total. The Kier molecular flexibility index (Phi) is 5.64. The van der Waals surface area contributed by atoms with Crippen LogP contribution in [0.1, 0.15) is 37.7 Å². The summed E-state index contributed by atoms with van der Waals surface area (Å²) in [7, 11) is 0. The van der Waals surface area contributed by atoms with Gasteiger partial charge in [-0.25, -0.2) is 0 Å². The van der Waals surface area contributed by atoms with Gasteiger partial charge < -0.3 is 14.5 Å². The SMILES string of the molecule is CC=Cc1ccccc1OCc1cc(CNC(C)C)co1. The molecule has 0 aliphatic heterocycles. The first-order valence-corrected chi connectivity index (χ1v) is 7.33. The second-order valence-electron chi connectivity index (χ2n) is 5.28. The van der Waals surface area contributed by atoms with Crippen LogP contribution in [0.5, 0.6) is 5.75 Å². The lowest BCUT2D eigenvalue weighted by atomic mass is 10.2. The summed E-state index contributed by atoms with van der Waals surface area (Å²) in [5, 5.41) is 3.36. The van der Waals surface area contributed by atoms with Gasteiger partial charge in [-0.05, 0) is 19.1 Å². The van der Waals surface area contributed by atoms with Crippen molar-refractivity contribution in [3.63, 3.8) is 0 Å². The molecule has 0 aliphatic carbocycles. The summed E-state index contributed by atoms with van der Waals surface area (Å²) in [6, 6.07) is 10.5. The van der Waals surface area contributed by atoms with Crippen LogP contribution in [0.25, 0.3) is 6.08 Å². The molecule has 0 saturated carbocycles. The van der Waals surface area contributed by atoms with Gasteiger partial charge in [-0.2, -0.15) is 0 Å². The van der Waals surface area contributed by atoms with Crippen molar-refractivity contribution in [3.8, 4) is 5.75 Å². The monoisotopic (exact) mass is 285 g/mol. The molecule has 0 unspecified atom stereocenters. The number of hydrogen-bond donors (Lipinski definition) is 1. The number of ether oxygens (including phenoxy) is 1.